The Morgan fingerprint density at radius 3 is 2.54 bits per heavy atom. The van der Waals surface area contributed by atoms with Crippen LogP contribution in [0.15, 0.2) is 54.9 Å². The lowest BCUT2D eigenvalue weighted by molar-refractivity contribution is -0.121. The minimum atomic E-state index is -0.479. The van der Waals surface area contributed by atoms with Crippen molar-refractivity contribution in [3.63, 3.8) is 0 Å². The summed E-state index contributed by atoms with van der Waals surface area (Å²) >= 11 is 0. The van der Waals surface area contributed by atoms with Gasteiger partial charge in [0, 0.05) is 30.9 Å². The fourth-order valence-corrected chi connectivity index (χ4v) is 2.13. The van der Waals surface area contributed by atoms with Gasteiger partial charge in [-0.3, -0.25) is 25.5 Å². The molecule has 3 rings (SSSR count). The van der Waals surface area contributed by atoms with Crippen molar-refractivity contribution in [1.82, 2.24) is 31.0 Å². The van der Waals surface area contributed by atoms with Crippen LogP contribution < -0.4 is 16.2 Å². The van der Waals surface area contributed by atoms with Crippen molar-refractivity contribution in [2.24, 2.45) is 0 Å². The summed E-state index contributed by atoms with van der Waals surface area (Å²) in [6, 6.07) is 12.8. The molecule has 3 aromatic rings. The molecule has 0 saturated heterocycles. The molecule has 0 fully saturated rings. The summed E-state index contributed by atoms with van der Waals surface area (Å²) in [5.41, 5.74) is 6.48. The molecule has 0 spiro atoms. The first-order chi connectivity index (χ1) is 12.7. The van der Waals surface area contributed by atoms with Gasteiger partial charge in [0.2, 0.25) is 11.9 Å². The zero-order chi connectivity index (χ0) is 18.2. The molecule has 0 radical (unpaired) electrons. The second-order valence-corrected chi connectivity index (χ2v) is 5.28. The van der Waals surface area contributed by atoms with E-state index in [-0.39, 0.29) is 18.0 Å². The van der Waals surface area contributed by atoms with Crippen LogP contribution in [0.5, 0.6) is 0 Å². The molecule has 0 saturated carbocycles. The van der Waals surface area contributed by atoms with E-state index in [2.05, 4.69) is 36.3 Å². The Bertz CT molecular complexity index is 865. The van der Waals surface area contributed by atoms with Gasteiger partial charge in [-0.1, -0.05) is 30.3 Å². The number of benzene rings is 1. The van der Waals surface area contributed by atoms with Crippen molar-refractivity contribution >= 4 is 17.8 Å². The number of nitrogens with zero attached hydrogens (tertiary/aromatic N) is 3. The molecule has 9 nitrogen and oxygen atoms in total. The van der Waals surface area contributed by atoms with Crippen LogP contribution in [-0.4, -0.2) is 38.5 Å². The van der Waals surface area contributed by atoms with E-state index in [0.717, 1.165) is 5.56 Å². The quantitative estimate of drug-likeness (QED) is 0.494. The summed E-state index contributed by atoms with van der Waals surface area (Å²) in [6.45, 7) is 0.341. The Labute approximate surface area is 149 Å². The normalized spacial score (nSPS) is 10.2. The zero-order valence-electron chi connectivity index (χ0n) is 13.8. The SMILES string of the molecule is O=C(CCNc1ncccn1)NNC(=O)c1cc(-c2ccccc2)n[nH]1. The van der Waals surface area contributed by atoms with Crippen LogP contribution in [0.4, 0.5) is 5.95 Å². The molecule has 26 heavy (non-hydrogen) atoms. The third-order valence-electron chi connectivity index (χ3n) is 3.41. The maximum atomic E-state index is 12.1. The molecule has 0 unspecified atom stereocenters. The Morgan fingerprint density at radius 1 is 1.00 bits per heavy atom. The molecule has 0 atom stereocenters. The number of rotatable bonds is 6. The molecule has 132 valence electrons. The summed E-state index contributed by atoms with van der Waals surface area (Å²) in [6.07, 6.45) is 3.35. The summed E-state index contributed by atoms with van der Waals surface area (Å²) in [5, 5.41) is 9.65. The fourth-order valence-electron chi connectivity index (χ4n) is 2.13. The standard InChI is InChI=1S/C17H17N7O2/c25-15(7-10-20-17-18-8-4-9-19-17)23-24-16(26)14-11-13(21-22-14)12-5-2-1-3-6-12/h1-6,8-9,11H,7,10H2,(H,21,22)(H,23,25)(H,24,26)(H,18,19,20). The number of aromatic nitrogens is 4. The van der Waals surface area contributed by atoms with Crippen molar-refractivity contribution in [3.8, 4) is 11.3 Å². The molecule has 2 aromatic heterocycles. The first-order valence-electron chi connectivity index (χ1n) is 7.93. The molecule has 9 heteroatoms. The minimum absolute atomic E-state index is 0.150. The van der Waals surface area contributed by atoms with E-state index in [9.17, 15) is 9.59 Å². The predicted molar refractivity (Wildman–Crippen MR) is 94.8 cm³/mol. The fraction of sp³-hybridized carbons (Fsp3) is 0.118. The summed E-state index contributed by atoms with van der Waals surface area (Å²) in [7, 11) is 0. The van der Waals surface area contributed by atoms with Gasteiger partial charge in [-0.25, -0.2) is 9.97 Å². The Morgan fingerprint density at radius 2 is 1.77 bits per heavy atom. The molecule has 1 aromatic carbocycles. The highest BCUT2D eigenvalue weighted by molar-refractivity contribution is 5.94. The Kier molecular flexibility index (Phi) is 5.51. The van der Waals surface area contributed by atoms with E-state index in [1.165, 1.54) is 0 Å². The Balaban J connectivity index is 1.43. The van der Waals surface area contributed by atoms with Gasteiger partial charge in [-0.15, -0.1) is 0 Å². The van der Waals surface area contributed by atoms with Crippen LogP contribution in [-0.2, 0) is 4.79 Å². The molecular weight excluding hydrogens is 334 g/mol. The van der Waals surface area contributed by atoms with Gasteiger partial charge in [0.25, 0.3) is 5.91 Å². The van der Waals surface area contributed by atoms with Crippen molar-refractivity contribution in [2.75, 3.05) is 11.9 Å². The Hall–Kier alpha value is -3.75. The van der Waals surface area contributed by atoms with Crippen LogP contribution in [0.3, 0.4) is 0 Å². The maximum absolute atomic E-state index is 12.1. The highest BCUT2D eigenvalue weighted by Gasteiger charge is 2.11. The van der Waals surface area contributed by atoms with E-state index in [1.54, 1.807) is 24.5 Å². The number of aromatic amines is 1. The van der Waals surface area contributed by atoms with Gasteiger partial charge < -0.3 is 5.32 Å². The summed E-state index contributed by atoms with van der Waals surface area (Å²) in [5.74, 6) is -0.382. The first-order valence-corrected chi connectivity index (χ1v) is 7.93. The van der Waals surface area contributed by atoms with Gasteiger partial charge in [-0.05, 0) is 12.1 Å². The van der Waals surface area contributed by atoms with Crippen molar-refractivity contribution < 1.29 is 9.59 Å². The number of amides is 2. The lowest BCUT2D eigenvalue weighted by Crippen LogP contribution is -2.42. The lowest BCUT2D eigenvalue weighted by atomic mass is 10.1. The number of hydrogen-bond donors (Lipinski definition) is 4. The molecule has 0 bridgehead atoms. The average Bonchev–Trinajstić information content (AvgIpc) is 3.18. The van der Waals surface area contributed by atoms with Crippen LogP contribution >= 0.6 is 0 Å². The maximum Gasteiger partial charge on any atom is 0.287 e. The number of hydrogen-bond acceptors (Lipinski definition) is 6. The molecule has 0 aliphatic rings. The molecule has 2 heterocycles. The van der Waals surface area contributed by atoms with Gasteiger partial charge >= 0.3 is 0 Å². The predicted octanol–water partition coefficient (Wildman–Crippen LogP) is 1.13. The number of anilines is 1. The van der Waals surface area contributed by atoms with E-state index < -0.39 is 5.91 Å². The molecular formula is C17H17N7O2. The molecule has 0 aliphatic carbocycles. The number of nitrogens with one attached hydrogen (secondary N) is 4. The molecule has 2 amide bonds. The summed E-state index contributed by atoms with van der Waals surface area (Å²) in [4.78, 5) is 31.8. The van der Waals surface area contributed by atoms with Crippen LogP contribution in [0.25, 0.3) is 11.3 Å². The van der Waals surface area contributed by atoms with Crippen LogP contribution in [0, 0.1) is 0 Å². The van der Waals surface area contributed by atoms with E-state index in [4.69, 9.17) is 0 Å². The van der Waals surface area contributed by atoms with Crippen molar-refractivity contribution in [3.05, 3.63) is 60.6 Å². The lowest BCUT2D eigenvalue weighted by Gasteiger charge is -2.07. The third-order valence-corrected chi connectivity index (χ3v) is 3.41. The number of hydrazine groups is 1. The minimum Gasteiger partial charge on any atom is -0.354 e. The van der Waals surface area contributed by atoms with E-state index in [0.29, 0.717) is 18.2 Å². The smallest absolute Gasteiger partial charge is 0.287 e. The van der Waals surface area contributed by atoms with E-state index >= 15 is 0 Å². The third kappa shape index (κ3) is 4.63. The van der Waals surface area contributed by atoms with Crippen molar-refractivity contribution in [1.29, 1.82) is 0 Å². The number of H-pyrrole nitrogens is 1. The second kappa shape index (κ2) is 8.38. The first kappa shape index (κ1) is 17.1. The van der Waals surface area contributed by atoms with Gasteiger partial charge in [-0.2, -0.15) is 5.10 Å². The topological polar surface area (TPSA) is 125 Å². The monoisotopic (exact) mass is 351 g/mol. The largest absolute Gasteiger partial charge is 0.354 e. The summed E-state index contributed by atoms with van der Waals surface area (Å²) < 4.78 is 0. The molecule has 0 aliphatic heterocycles. The van der Waals surface area contributed by atoms with Gasteiger partial charge in [0.05, 0.1) is 5.69 Å². The van der Waals surface area contributed by atoms with E-state index in [1.807, 2.05) is 30.3 Å². The number of carbonyl (C=O) groups is 2. The number of carbonyl (C=O) groups excluding carboxylic acids is 2. The van der Waals surface area contributed by atoms with Gasteiger partial charge in [0.1, 0.15) is 5.69 Å². The van der Waals surface area contributed by atoms with Crippen molar-refractivity contribution in [2.45, 2.75) is 6.42 Å². The van der Waals surface area contributed by atoms with Crippen LogP contribution in [0.1, 0.15) is 16.9 Å². The zero-order valence-corrected chi connectivity index (χ0v) is 13.8. The highest BCUT2D eigenvalue weighted by atomic mass is 16.2. The van der Waals surface area contributed by atoms with Gasteiger partial charge in [0.15, 0.2) is 0 Å². The second-order valence-electron chi connectivity index (χ2n) is 5.28. The average molecular weight is 351 g/mol. The van der Waals surface area contributed by atoms with Crippen LogP contribution in [0.2, 0.25) is 0 Å². The molecule has 4 N–H and O–H groups in total. The highest BCUT2D eigenvalue weighted by Crippen LogP contribution is 2.16.